The van der Waals surface area contributed by atoms with Crippen LogP contribution in [0.4, 0.5) is 0 Å². The first-order valence-electron chi connectivity index (χ1n) is 5.61. The second-order valence-corrected chi connectivity index (χ2v) is 4.86. The maximum atomic E-state index is 9.28. The van der Waals surface area contributed by atoms with Gasteiger partial charge in [0, 0.05) is 18.0 Å². The van der Waals surface area contributed by atoms with E-state index in [0.717, 1.165) is 27.2 Å². The Morgan fingerprint density at radius 2 is 2.11 bits per heavy atom. The molecule has 19 heavy (non-hydrogen) atoms. The van der Waals surface area contributed by atoms with Crippen LogP contribution in [-0.4, -0.2) is 17.1 Å². The van der Waals surface area contributed by atoms with Gasteiger partial charge in [0.1, 0.15) is 27.0 Å². The van der Waals surface area contributed by atoms with Crippen LogP contribution in [-0.2, 0) is 0 Å². The fourth-order valence-electron chi connectivity index (χ4n) is 1.95. The van der Waals surface area contributed by atoms with Gasteiger partial charge in [-0.2, -0.15) is 5.26 Å². The molecule has 0 saturated carbocycles. The van der Waals surface area contributed by atoms with E-state index in [-0.39, 0.29) is 0 Å². The monoisotopic (exact) mass is 267 g/mol. The Bertz CT molecular complexity index is 789. The predicted octanol–water partition coefficient (Wildman–Crippen LogP) is 3.24. The normalized spacial score (nSPS) is 10.3. The van der Waals surface area contributed by atoms with E-state index in [4.69, 9.17) is 4.74 Å². The minimum Gasteiger partial charge on any atom is -0.497 e. The first kappa shape index (κ1) is 11.6. The molecular weight excluding hydrogens is 258 g/mol. The molecule has 0 spiro atoms. The van der Waals surface area contributed by atoms with E-state index in [1.807, 2.05) is 24.3 Å². The molecule has 2 aromatic heterocycles. The van der Waals surface area contributed by atoms with Gasteiger partial charge in [-0.25, -0.2) is 4.98 Å². The van der Waals surface area contributed by atoms with Crippen LogP contribution in [0.1, 0.15) is 4.88 Å². The SMILES string of the molecule is COc1cccc(-c2c(C#N)sc3nccnc23)c1. The molecule has 0 bridgehead atoms. The first-order chi connectivity index (χ1) is 9.33. The van der Waals surface area contributed by atoms with Gasteiger partial charge in [-0.15, -0.1) is 11.3 Å². The van der Waals surface area contributed by atoms with Gasteiger partial charge < -0.3 is 4.74 Å². The predicted molar refractivity (Wildman–Crippen MR) is 74.1 cm³/mol. The van der Waals surface area contributed by atoms with Gasteiger partial charge in [-0.1, -0.05) is 12.1 Å². The van der Waals surface area contributed by atoms with Crippen LogP contribution in [0.25, 0.3) is 21.5 Å². The number of methoxy groups -OCH3 is 1. The Balaban J connectivity index is 2.31. The molecule has 3 rings (SSSR count). The number of rotatable bonds is 2. The lowest BCUT2D eigenvalue weighted by atomic mass is 10.1. The van der Waals surface area contributed by atoms with E-state index < -0.39 is 0 Å². The standard InChI is InChI=1S/C14H9N3OS/c1-18-10-4-2-3-9(7-10)12-11(8-15)19-14-13(12)16-5-6-17-14/h2-7H,1H3. The van der Waals surface area contributed by atoms with Gasteiger partial charge >= 0.3 is 0 Å². The van der Waals surface area contributed by atoms with Crippen molar-refractivity contribution in [2.45, 2.75) is 0 Å². The summed E-state index contributed by atoms with van der Waals surface area (Å²) in [5.74, 6) is 0.754. The van der Waals surface area contributed by atoms with Crippen LogP contribution >= 0.6 is 11.3 Å². The van der Waals surface area contributed by atoms with Crippen LogP contribution in [0.2, 0.25) is 0 Å². The van der Waals surface area contributed by atoms with Crippen LogP contribution in [0.5, 0.6) is 5.75 Å². The molecule has 0 N–H and O–H groups in total. The summed E-state index contributed by atoms with van der Waals surface area (Å²) in [5.41, 5.74) is 2.51. The van der Waals surface area contributed by atoms with Gasteiger partial charge in [0.15, 0.2) is 0 Å². The molecular formula is C14H9N3OS. The van der Waals surface area contributed by atoms with Crippen molar-refractivity contribution in [1.29, 1.82) is 5.26 Å². The zero-order valence-electron chi connectivity index (χ0n) is 10.1. The topological polar surface area (TPSA) is 58.8 Å². The molecule has 4 nitrogen and oxygen atoms in total. The van der Waals surface area contributed by atoms with E-state index in [0.29, 0.717) is 4.88 Å². The Hall–Kier alpha value is -2.45. The molecule has 5 heteroatoms. The highest BCUT2D eigenvalue weighted by atomic mass is 32.1. The van der Waals surface area contributed by atoms with Crippen LogP contribution < -0.4 is 4.74 Å². The molecule has 2 heterocycles. The number of hydrogen-bond acceptors (Lipinski definition) is 5. The van der Waals surface area contributed by atoms with Gasteiger partial charge in [-0.05, 0) is 17.7 Å². The van der Waals surface area contributed by atoms with Crippen LogP contribution in [0.15, 0.2) is 36.7 Å². The van der Waals surface area contributed by atoms with Gasteiger partial charge in [0.25, 0.3) is 0 Å². The number of nitriles is 1. The van der Waals surface area contributed by atoms with Crippen molar-refractivity contribution < 1.29 is 4.74 Å². The molecule has 1 aromatic carbocycles. The molecule has 3 aromatic rings. The molecule has 0 radical (unpaired) electrons. The lowest BCUT2D eigenvalue weighted by Crippen LogP contribution is -1.85. The second-order valence-electron chi connectivity index (χ2n) is 3.86. The van der Waals surface area contributed by atoms with Gasteiger partial charge in [0.05, 0.1) is 7.11 Å². The molecule has 0 unspecified atom stereocenters. The molecule has 0 saturated heterocycles. The number of benzene rings is 1. The van der Waals surface area contributed by atoms with Crippen molar-refractivity contribution in [3.8, 4) is 22.9 Å². The number of thiophene rings is 1. The minimum absolute atomic E-state index is 0.620. The van der Waals surface area contributed by atoms with Gasteiger partial charge in [0.2, 0.25) is 0 Å². The van der Waals surface area contributed by atoms with Crippen molar-refractivity contribution in [2.24, 2.45) is 0 Å². The summed E-state index contributed by atoms with van der Waals surface area (Å²) in [6.45, 7) is 0. The summed E-state index contributed by atoms with van der Waals surface area (Å²) in [5, 5.41) is 9.28. The number of ether oxygens (including phenoxy) is 1. The molecule has 0 amide bonds. The smallest absolute Gasteiger partial charge is 0.143 e. The minimum atomic E-state index is 0.620. The van der Waals surface area contributed by atoms with Crippen molar-refractivity contribution in [3.63, 3.8) is 0 Å². The zero-order chi connectivity index (χ0) is 13.2. The molecule has 0 aliphatic carbocycles. The number of hydrogen-bond donors (Lipinski definition) is 0. The molecule has 0 aliphatic rings. The highest BCUT2D eigenvalue weighted by Crippen LogP contribution is 2.37. The Labute approximate surface area is 113 Å². The highest BCUT2D eigenvalue weighted by molar-refractivity contribution is 7.19. The highest BCUT2D eigenvalue weighted by Gasteiger charge is 2.16. The fourth-order valence-corrected chi connectivity index (χ4v) is 2.87. The Kier molecular flexibility index (Phi) is 2.86. The Morgan fingerprint density at radius 3 is 2.89 bits per heavy atom. The third-order valence-electron chi connectivity index (χ3n) is 2.79. The third-order valence-corrected chi connectivity index (χ3v) is 3.78. The van der Waals surface area contributed by atoms with E-state index in [9.17, 15) is 5.26 Å². The van der Waals surface area contributed by atoms with E-state index in [1.165, 1.54) is 11.3 Å². The number of nitrogens with zero attached hydrogens (tertiary/aromatic N) is 3. The lowest BCUT2D eigenvalue weighted by molar-refractivity contribution is 0.415. The van der Waals surface area contributed by atoms with Crippen molar-refractivity contribution in [1.82, 2.24) is 9.97 Å². The molecule has 92 valence electrons. The summed E-state index contributed by atoms with van der Waals surface area (Å²) < 4.78 is 5.22. The summed E-state index contributed by atoms with van der Waals surface area (Å²) in [4.78, 5) is 9.98. The molecule has 0 aliphatic heterocycles. The maximum absolute atomic E-state index is 9.28. The van der Waals surface area contributed by atoms with E-state index in [2.05, 4.69) is 16.0 Å². The maximum Gasteiger partial charge on any atom is 0.143 e. The number of aromatic nitrogens is 2. The lowest BCUT2D eigenvalue weighted by Gasteiger charge is -2.03. The largest absolute Gasteiger partial charge is 0.497 e. The fraction of sp³-hybridized carbons (Fsp3) is 0.0714. The quantitative estimate of drug-likeness (QED) is 0.715. The van der Waals surface area contributed by atoms with Crippen molar-refractivity contribution in [3.05, 3.63) is 41.5 Å². The average molecular weight is 267 g/mol. The van der Waals surface area contributed by atoms with Crippen molar-refractivity contribution in [2.75, 3.05) is 7.11 Å². The Morgan fingerprint density at radius 1 is 1.26 bits per heavy atom. The summed E-state index contributed by atoms with van der Waals surface area (Å²) in [6, 6.07) is 9.83. The van der Waals surface area contributed by atoms with E-state index in [1.54, 1.807) is 19.5 Å². The second kappa shape index (κ2) is 4.67. The third kappa shape index (κ3) is 1.92. The zero-order valence-corrected chi connectivity index (χ0v) is 10.9. The van der Waals surface area contributed by atoms with Crippen molar-refractivity contribution >= 4 is 21.7 Å². The van der Waals surface area contributed by atoms with E-state index >= 15 is 0 Å². The van der Waals surface area contributed by atoms with Gasteiger partial charge in [-0.3, -0.25) is 4.98 Å². The van der Waals surface area contributed by atoms with Crippen LogP contribution in [0.3, 0.4) is 0 Å². The molecule has 0 fully saturated rings. The first-order valence-corrected chi connectivity index (χ1v) is 6.43. The average Bonchev–Trinajstić information content (AvgIpc) is 2.85. The molecule has 0 atom stereocenters. The summed E-state index contributed by atoms with van der Waals surface area (Å²) in [6.07, 6.45) is 3.27. The summed E-state index contributed by atoms with van der Waals surface area (Å²) >= 11 is 1.36. The summed E-state index contributed by atoms with van der Waals surface area (Å²) in [7, 11) is 1.62. The van der Waals surface area contributed by atoms with Crippen LogP contribution in [0, 0.1) is 11.3 Å². The number of fused-ring (bicyclic) bond motifs is 1.